The second-order valence-electron chi connectivity index (χ2n) is 4.55. The Morgan fingerprint density at radius 2 is 2.00 bits per heavy atom. The molecular formula is C16H17N3O. The minimum Gasteiger partial charge on any atom is -0.493 e. The third kappa shape index (κ3) is 2.59. The summed E-state index contributed by atoms with van der Waals surface area (Å²) < 4.78 is 7.81. The molecule has 0 aliphatic rings. The van der Waals surface area contributed by atoms with Crippen molar-refractivity contribution in [1.29, 1.82) is 0 Å². The second kappa shape index (κ2) is 5.65. The first-order valence-electron chi connectivity index (χ1n) is 6.68. The maximum Gasteiger partial charge on any atom is 0.119 e. The summed E-state index contributed by atoms with van der Waals surface area (Å²) in [5, 5.41) is 3.14. The highest BCUT2D eigenvalue weighted by Crippen LogP contribution is 2.14. The molecular weight excluding hydrogens is 250 g/mol. The van der Waals surface area contributed by atoms with Crippen molar-refractivity contribution in [1.82, 2.24) is 9.38 Å². The van der Waals surface area contributed by atoms with Gasteiger partial charge >= 0.3 is 0 Å². The highest BCUT2D eigenvalue weighted by atomic mass is 16.5. The Morgan fingerprint density at radius 3 is 2.80 bits per heavy atom. The van der Waals surface area contributed by atoms with Crippen molar-refractivity contribution in [2.75, 3.05) is 19.0 Å². The largest absolute Gasteiger partial charge is 0.493 e. The SMILES string of the molecule is CNc1ccc2cnc(CCOc3ccccc3)n2c1. The third-order valence-corrected chi connectivity index (χ3v) is 3.23. The van der Waals surface area contributed by atoms with E-state index >= 15 is 0 Å². The van der Waals surface area contributed by atoms with Crippen LogP contribution in [0.4, 0.5) is 5.69 Å². The van der Waals surface area contributed by atoms with E-state index in [2.05, 4.69) is 27.0 Å². The van der Waals surface area contributed by atoms with E-state index in [0.29, 0.717) is 6.61 Å². The topological polar surface area (TPSA) is 38.6 Å². The van der Waals surface area contributed by atoms with Crippen molar-refractivity contribution in [3.05, 3.63) is 60.7 Å². The molecule has 0 bridgehead atoms. The summed E-state index contributed by atoms with van der Waals surface area (Å²) in [7, 11) is 1.91. The minimum atomic E-state index is 0.618. The summed E-state index contributed by atoms with van der Waals surface area (Å²) in [6.07, 6.45) is 4.72. The third-order valence-electron chi connectivity index (χ3n) is 3.23. The van der Waals surface area contributed by atoms with E-state index in [0.717, 1.165) is 29.2 Å². The van der Waals surface area contributed by atoms with Crippen LogP contribution in [0.5, 0.6) is 5.75 Å². The zero-order chi connectivity index (χ0) is 13.8. The lowest BCUT2D eigenvalue weighted by atomic mass is 10.3. The monoisotopic (exact) mass is 267 g/mol. The average molecular weight is 267 g/mol. The van der Waals surface area contributed by atoms with Crippen LogP contribution < -0.4 is 10.1 Å². The number of para-hydroxylation sites is 1. The van der Waals surface area contributed by atoms with Crippen molar-refractivity contribution in [3.8, 4) is 5.75 Å². The van der Waals surface area contributed by atoms with Gasteiger partial charge in [0.15, 0.2) is 0 Å². The molecule has 3 aromatic rings. The lowest BCUT2D eigenvalue weighted by Gasteiger charge is -2.06. The average Bonchev–Trinajstić information content (AvgIpc) is 2.91. The van der Waals surface area contributed by atoms with Crippen LogP contribution in [-0.4, -0.2) is 23.0 Å². The summed E-state index contributed by atoms with van der Waals surface area (Å²) in [4.78, 5) is 4.46. The zero-order valence-corrected chi connectivity index (χ0v) is 11.4. The quantitative estimate of drug-likeness (QED) is 0.772. The Hall–Kier alpha value is -2.49. The first kappa shape index (κ1) is 12.5. The van der Waals surface area contributed by atoms with Crippen LogP contribution in [0.15, 0.2) is 54.9 Å². The molecule has 0 radical (unpaired) electrons. The summed E-state index contributed by atoms with van der Waals surface area (Å²) in [5.41, 5.74) is 2.17. The van der Waals surface area contributed by atoms with Gasteiger partial charge in [-0.2, -0.15) is 0 Å². The molecule has 0 fully saturated rings. The number of nitrogens with one attached hydrogen (secondary N) is 1. The summed E-state index contributed by atoms with van der Waals surface area (Å²) in [6, 6.07) is 13.9. The predicted octanol–water partition coefficient (Wildman–Crippen LogP) is 3.00. The molecule has 1 N–H and O–H groups in total. The van der Waals surface area contributed by atoms with Crippen molar-refractivity contribution < 1.29 is 4.74 Å². The molecule has 0 saturated carbocycles. The highest BCUT2D eigenvalue weighted by molar-refractivity contribution is 5.53. The van der Waals surface area contributed by atoms with Gasteiger partial charge in [0.2, 0.25) is 0 Å². The molecule has 0 spiro atoms. The van der Waals surface area contributed by atoms with Crippen molar-refractivity contribution in [2.24, 2.45) is 0 Å². The smallest absolute Gasteiger partial charge is 0.119 e. The molecule has 2 heterocycles. The Bertz CT molecular complexity index is 691. The number of ether oxygens (including phenoxy) is 1. The highest BCUT2D eigenvalue weighted by Gasteiger charge is 2.04. The fourth-order valence-electron chi connectivity index (χ4n) is 2.15. The number of pyridine rings is 1. The Labute approximate surface area is 118 Å². The van der Waals surface area contributed by atoms with E-state index in [9.17, 15) is 0 Å². The van der Waals surface area contributed by atoms with Gasteiger partial charge in [0.1, 0.15) is 11.6 Å². The van der Waals surface area contributed by atoms with E-state index in [-0.39, 0.29) is 0 Å². The molecule has 4 heteroatoms. The number of hydrogen-bond donors (Lipinski definition) is 1. The maximum atomic E-state index is 5.72. The number of imidazole rings is 1. The predicted molar refractivity (Wildman–Crippen MR) is 80.4 cm³/mol. The molecule has 4 nitrogen and oxygen atoms in total. The van der Waals surface area contributed by atoms with Crippen LogP contribution in [0, 0.1) is 0 Å². The minimum absolute atomic E-state index is 0.618. The summed E-state index contributed by atoms with van der Waals surface area (Å²) in [6.45, 7) is 0.618. The number of hydrogen-bond acceptors (Lipinski definition) is 3. The zero-order valence-electron chi connectivity index (χ0n) is 11.4. The summed E-state index contributed by atoms with van der Waals surface area (Å²) in [5.74, 6) is 1.90. The Kier molecular flexibility index (Phi) is 3.54. The molecule has 0 aliphatic heterocycles. The molecule has 0 aliphatic carbocycles. The summed E-state index contributed by atoms with van der Waals surface area (Å²) >= 11 is 0. The Balaban J connectivity index is 1.71. The molecule has 102 valence electrons. The molecule has 20 heavy (non-hydrogen) atoms. The molecule has 0 saturated heterocycles. The van der Waals surface area contributed by atoms with Crippen LogP contribution in [-0.2, 0) is 6.42 Å². The van der Waals surface area contributed by atoms with E-state index in [1.54, 1.807) is 0 Å². The van der Waals surface area contributed by atoms with Crippen LogP contribution in [0.1, 0.15) is 5.82 Å². The number of anilines is 1. The Morgan fingerprint density at radius 1 is 1.15 bits per heavy atom. The van der Waals surface area contributed by atoms with Gasteiger partial charge in [-0.15, -0.1) is 0 Å². The van der Waals surface area contributed by atoms with E-state index < -0.39 is 0 Å². The number of fused-ring (bicyclic) bond motifs is 1. The number of rotatable bonds is 5. The lowest BCUT2D eigenvalue weighted by molar-refractivity contribution is 0.318. The molecule has 1 aromatic carbocycles. The van der Waals surface area contributed by atoms with E-state index in [1.807, 2.05) is 49.6 Å². The van der Waals surface area contributed by atoms with Crippen LogP contribution in [0.2, 0.25) is 0 Å². The van der Waals surface area contributed by atoms with E-state index in [4.69, 9.17) is 4.74 Å². The molecule has 3 rings (SSSR count). The maximum absolute atomic E-state index is 5.72. The van der Waals surface area contributed by atoms with Gasteiger partial charge in [-0.25, -0.2) is 4.98 Å². The molecule has 0 amide bonds. The first-order chi connectivity index (χ1) is 9.86. The second-order valence-corrected chi connectivity index (χ2v) is 4.55. The molecule has 2 aromatic heterocycles. The normalized spacial score (nSPS) is 10.7. The number of nitrogens with zero attached hydrogens (tertiary/aromatic N) is 2. The van der Waals surface area contributed by atoms with Crippen LogP contribution in [0.3, 0.4) is 0 Å². The van der Waals surface area contributed by atoms with Gasteiger partial charge in [-0.3, -0.25) is 0 Å². The van der Waals surface area contributed by atoms with Gasteiger partial charge in [0.25, 0.3) is 0 Å². The van der Waals surface area contributed by atoms with Gasteiger partial charge in [-0.05, 0) is 24.3 Å². The van der Waals surface area contributed by atoms with Crippen LogP contribution >= 0.6 is 0 Å². The van der Waals surface area contributed by atoms with Gasteiger partial charge in [0, 0.05) is 19.7 Å². The van der Waals surface area contributed by atoms with Gasteiger partial charge in [0.05, 0.1) is 24.0 Å². The van der Waals surface area contributed by atoms with Crippen molar-refractivity contribution >= 4 is 11.2 Å². The fourth-order valence-corrected chi connectivity index (χ4v) is 2.15. The molecule has 0 atom stereocenters. The van der Waals surface area contributed by atoms with Crippen LogP contribution in [0.25, 0.3) is 5.52 Å². The number of benzene rings is 1. The van der Waals surface area contributed by atoms with Gasteiger partial charge in [-0.1, -0.05) is 18.2 Å². The number of aromatic nitrogens is 2. The first-order valence-corrected chi connectivity index (χ1v) is 6.68. The van der Waals surface area contributed by atoms with Crippen molar-refractivity contribution in [3.63, 3.8) is 0 Å². The van der Waals surface area contributed by atoms with Crippen molar-refractivity contribution in [2.45, 2.75) is 6.42 Å². The van der Waals surface area contributed by atoms with E-state index in [1.165, 1.54) is 0 Å². The van der Waals surface area contributed by atoms with Gasteiger partial charge < -0.3 is 14.5 Å². The molecule has 0 unspecified atom stereocenters. The standard InChI is InChI=1S/C16H17N3O/c1-17-13-7-8-14-11-18-16(19(14)12-13)9-10-20-15-5-3-2-4-6-15/h2-8,11-12,17H,9-10H2,1H3. The fraction of sp³-hybridized carbons (Fsp3) is 0.188. The lowest BCUT2D eigenvalue weighted by Crippen LogP contribution is -2.05.